The van der Waals surface area contributed by atoms with E-state index in [0.717, 1.165) is 11.1 Å². The summed E-state index contributed by atoms with van der Waals surface area (Å²) in [5, 5.41) is 5.05. The van der Waals surface area contributed by atoms with Crippen molar-refractivity contribution in [2.45, 2.75) is 46.4 Å². The molecule has 0 bridgehead atoms. The van der Waals surface area contributed by atoms with Gasteiger partial charge in [0.05, 0.1) is 23.6 Å². The summed E-state index contributed by atoms with van der Waals surface area (Å²) < 4.78 is 10.2. The molecule has 0 N–H and O–H groups in total. The number of para-hydroxylation sites is 1. The summed E-state index contributed by atoms with van der Waals surface area (Å²) in [6, 6.07) is 15.2. The predicted octanol–water partition coefficient (Wildman–Crippen LogP) is 2.98. The number of fused-ring (bicyclic) bond motifs is 3. The summed E-state index contributed by atoms with van der Waals surface area (Å²) >= 11 is 0. The quantitative estimate of drug-likeness (QED) is 0.443. The fourth-order valence-electron chi connectivity index (χ4n) is 3.58. The van der Waals surface area contributed by atoms with Gasteiger partial charge in [0.25, 0.3) is 5.56 Å². The van der Waals surface area contributed by atoms with Crippen molar-refractivity contribution in [3.63, 3.8) is 0 Å². The first-order valence-corrected chi connectivity index (χ1v) is 10.2. The Balaban J connectivity index is 1.82. The largest absolute Gasteiger partial charge is 0.379 e. The maximum absolute atomic E-state index is 13.2. The topological polar surface area (TPSA) is 70.5 Å². The Kier molecular flexibility index (Phi) is 5.55. The van der Waals surface area contributed by atoms with Gasteiger partial charge in [0.15, 0.2) is 0 Å². The lowest BCUT2D eigenvalue weighted by Crippen LogP contribution is -2.27. The van der Waals surface area contributed by atoms with Gasteiger partial charge in [0, 0.05) is 13.2 Å². The first kappa shape index (κ1) is 20.1. The second-order valence-corrected chi connectivity index (χ2v) is 7.81. The van der Waals surface area contributed by atoms with Crippen molar-refractivity contribution < 1.29 is 4.74 Å². The zero-order valence-electron chi connectivity index (χ0n) is 17.5. The van der Waals surface area contributed by atoms with E-state index in [1.165, 1.54) is 9.08 Å². The third kappa shape index (κ3) is 3.80. The summed E-state index contributed by atoms with van der Waals surface area (Å²) in [6.45, 7) is 7.30. The van der Waals surface area contributed by atoms with Gasteiger partial charge >= 0.3 is 5.69 Å². The smallest absolute Gasteiger partial charge is 0.352 e. The molecule has 0 fully saturated rings. The molecule has 0 atom stereocenters. The lowest BCUT2D eigenvalue weighted by molar-refractivity contribution is 0.0748. The summed E-state index contributed by atoms with van der Waals surface area (Å²) in [5.41, 5.74) is 2.32. The highest BCUT2D eigenvalue weighted by Gasteiger charge is 2.17. The van der Waals surface area contributed by atoms with Crippen LogP contribution < -0.4 is 11.2 Å². The molecule has 0 aliphatic heterocycles. The van der Waals surface area contributed by atoms with E-state index in [9.17, 15) is 9.59 Å². The SMILES string of the molecule is Cc1ccc(Cn2nc3n(CCCOC(C)C)c(=O)c4ccccc4n3c2=O)cc1. The highest BCUT2D eigenvalue weighted by Crippen LogP contribution is 2.12. The molecule has 0 radical (unpaired) electrons. The maximum Gasteiger partial charge on any atom is 0.352 e. The molecule has 7 nitrogen and oxygen atoms in total. The van der Waals surface area contributed by atoms with Gasteiger partial charge in [-0.2, -0.15) is 0 Å². The van der Waals surface area contributed by atoms with Gasteiger partial charge in [-0.1, -0.05) is 42.0 Å². The Hall–Kier alpha value is -3.19. The van der Waals surface area contributed by atoms with Gasteiger partial charge in [0.2, 0.25) is 5.78 Å². The zero-order chi connectivity index (χ0) is 21.3. The minimum Gasteiger partial charge on any atom is -0.379 e. The van der Waals surface area contributed by atoms with Crippen molar-refractivity contribution >= 4 is 16.7 Å². The van der Waals surface area contributed by atoms with E-state index >= 15 is 0 Å². The minimum absolute atomic E-state index is 0.134. The van der Waals surface area contributed by atoms with E-state index < -0.39 is 0 Å². The maximum atomic E-state index is 13.2. The zero-order valence-corrected chi connectivity index (χ0v) is 17.5. The van der Waals surface area contributed by atoms with Crippen LogP contribution >= 0.6 is 0 Å². The molecule has 4 aromatic rings. The molecule has 0 saturated heterocycles. The molecule has 2 heterocycles. The fraction of sp³-hybridized carbons (Fsp3) is 0.348. The molecule has 0 saturated carbocycles. The van der Waals surface area contributed by atoms with E-state index in [4.69, 9.17) is 4.74 Å². The van der Waals surface area contributed by atoms with Crippen LogP contribution in [0, 0.1) is 6.92 Å². The number of rotatable bonds is 7. The molecule has 0 unspecified atom stereocenters. The summed E-state index contributed by atoms with van der Waals surface area (Å²) in [5.74, 6) is 0.361. The number of hydrogen-bond acceptors (Lipinski definition) is 4. The van der Waals surface area contributed by atoms with E-state index in [1.807, 2.05) is 57.2 Å². The van der Waals surface area contributed by atoms with Crippen LogP contribution in [0.3, 0.4) is 0 Å². The first-order chi connectivity index (χ1) is 14.5. The molecule has 0 spiro atoms. The summed E-state index contributed by atoms with van der Waals surface area (Å²) in [6.07, 6.45) is 0.792. The summed E-state index contributed by atoms with van der Waals surface area (Å²) in [4.78, 5) is 26.4. The number of hydrogen-bond donors (Lipinski definition) is 0. The second kappa shape index (κ2) is 8.28. The van der Waals surface area contributed by atoms with Crippen molar-refractivity contribution in [1.82, 2.24) is 18.7 Å². The van der Waals surface area contributed by atoms with E-state index in [2.05, 4.69) is 5.10 Å². The average molecular weight is 406 g/mol. The molecular weight excluding hydrogens is 380 g/mol. The van der Waals surface area contributed by atoms with Gasteiger partial charge in [0.1, 0.15) is 0 Å². The Morgan fingerprint density at radius 3 is 2.50 bits per heavy atom. The van der Waals surface area contributed by atoms with Gasteiger partial charge in [-0.3, -0.25) is 9.36 Å². The number of ether oxygens (including phenoxy) is 1. The van der Waals surface area contributed by atoms with E-state index in [0.29, 0.717) is 42.8 Å². The molecule has 156 valence electrons. The molecule has 2 aromatic heterocycles. The van der Waals surface area contributed by atoms with Crippen LogP contribution in [0.5, 0.6) is 0 Å². The Morgan fingerprint density at radius 1 is 1.03 bits per heavy atom. The Morgan fingerprint density at radius 2 is 1.77 bits per heavy atom. The molecular formula is C23H26N4O3. The van der Waals surface area contributed by atoms with Gasteiger partial charge < -0.3 is 4.74 Å². The molecule has 7 heteroatoms. The average Bonchev–Trinajstić information content (AvgIpc) is 3.05. The van der Waals surface area contributed by atoms with Crippen molar-refractivity contribution in [1.29, 1.82) is 0 Å². The molecule has 4 rings (SSSR count). The highest BCUT2D eigenvalue weighted by atomic mass is 16.5. The van der Waals surface area contributed by atoms with Crippen LogP contribution in [0.1, 0.15) is 31.4 Å². The number of nitrogens with zero attached hydrogens (tertiary/aromatic N) is 4. The van der Waals surface area contributed by atoms with Crippen molar-refractivity contribution in [3.05, 3.63) is 80.5 Å². The van der Waals surface area contributed by atoms with Crippen LogP contribution in [0.15, 0.2) is 58.1 Å². The van der Waals surface area contributed by atoms with Crippen LogP contribution in [-0.4, -0.2) is 31.5 Å². The minimum atomic E-state index is -0.256. The predicted molar refractivity (Wildman–Crippen MR) is 117 cm³/mol. The number of aromatic nitrogens is 4. The molecule has 30 heavy (non-hydrogen) atoms. The third-order valence-corrected chi connectivity index (χ3v) is 5.11. The van der Waals surface area contributed by atoms with E-state index in [1.54, 1.807) is 16.7 Å². The first-order valence-electron chi connectivity index (χ1n) is 10.2. The van der Waals surface area contributed by atoms with Crippen LogP contribution in [-0.2, 0) is 17.8 Å². The molecule has 0 amide bonds. The Labute approximate surface area is 174 Å². The molecule has 0 aliphatic rings. The lowest BCUT2D eigenvalue weighted by atomic mass is 10.1. The third-order valence-electron chi connectivity index (χ3n) is 5.11. The number of aryl methyl sites for hydroxylation is 2. The number of benzene rings is 2. The van der Waals surface area contributed by atoms with Gasteiger partial charge in [-0.15, -0.1) is 5.10 Å². The van der Waals surface area contributed by atoms with Gasteiger partial charge in [-0.05, 0) is 44.9 Å². The monoisotopic (exact) mass is 406 g/mol. The highest BCUT2D eigenvalue weighted by molar-refractivity contribution is 5.79. The van der Waals surface area contributed by atoms with Crippen LogP contribution in [0.4, 0.5) is 0 Å². The molecule has 0 aliphatic carbocycles. The van der Waals surface area contributed by atoms with Crippen molar-refractivity contribution in [2.75, 3.05) is 6.61 Å². The van der Waals surface area contributed by atoms with Crippen LogP contribution in [0.25, 0.3) is 16.7 Å². The van der Waals surface area contributed by atoms with Crippen molar-refractivity contribution in [2.24, 2.45) is 0 Å². The second-order valence-electron chi connectivity index (χ2n) is 7.81. The van der Waals surface area contributed by atoms with Gasteiger partial charge in [-0.25, -0.2) is 13.9 Å². The molecule has 2 aromatic carbocycles. The Bertz CT molecular complexity index is 1300. The standard InChI is InChI=1S/C23H26N4O3/c1-16(2)30-14-6-13-25-21(28)19-7-4-5-8-20(19)27-22(25)24-26(23(27)29)15-18-11-9-17(3)10-12-18/h4-5,7-12,16H,6,13-15H2,1-3H3. The summed E-state index contributed by atoms with van der Waals surface area (Å²) in [7, 11) is 0. The normalized spacial score (nSPS) is 11.7. The van der Waals surface area contributed by atoms with Crippen LogP contribution in [0.2, 0.25) is 0 Å². The lowest BCUT2D eigenvalue weighted by Gasteiger charge is -2.11. The fourth-order valence-corrected chi connectivity index (χ4v) is 3.58. The van der Waals surface area contributed by atoms with E-state index in [-0.39, 0.29) is 17.4 Å². The van der Waals surface area contributed by atoms with Crippen molar-refractivity contribution in [3.8, 4) is 0 Å².